The number of rotatable bonds is 15. The van der Waals surface area contributed by atoms with Crippen molar-refractivity contribution in [1.29, 1.82) is 0 Å². The quantitative estimate of drug-likeness (QED) is 0.0938. The summed E-state index contributed by atoms with van der Waals surface area (Å²) in [6, 6.07) is -0.630. The van der Waals surface area contributed by atoms with Gasteiger partial charge >= 0.3 is 11.9 Å². The molecule has 17 atom stereocenters. The minimum absolute atomic E-state index is 0.0220. The first-order chi connectivity index (χ1) is 32.4. The molecule has 3 saturated heterocycles. The lowest BCUT2D eigenvalue weighted by molar-refractivity contribution is -0.345. The van der Waals surface area contributed by atoms with Crippen molar-refractivity contribution in [1.82, 2.24) is 4.90 Å². The third-order valence-corrected chi connectivity index (χ3v) is 25.0. The maximum Gasteiger partial charge on any atom is 0.308 e. The molecule has 406 valence electrons. The van der Waals surface area contributed by atoms with Gasteiger partial charge in [-0.25, -0.2) is 0 Å². The largest absolute Gasteiger partial charge is 0.462 e. The Kier molecular flexibility index (Phi) is 22.4. The lowest BCUT2D eigenvalue weighted by Gasteiger charge is -2.51. The van der Waals surface area contributed by atoms with Crippen LogP contribution in [0, 0.1) is 11.8 Å². The second-order valence-corrected chi connectivity index (χ2v) is 34.1. The van der Waals surface area contributed by atoms with Gasteiger partial charge < -0.3 is 61.5 Å². The maximum atomic E-state index is 13.9. The number of hydrogen-bond acceptors (Lipinski definition) is 16. The van der Waals surface area contributed by atoms with E-state index in [2.05, 4.69) is 80.7 Å². The Morgan fingerprint density at radius 2 is 1.53 bits per heavy atom. The molecular weight excluding hydrogens is 951 g/mol. The molecule has 1 unspecified atom stereocenters. The molecule has 0 saturated carbocycles. The molecule has 4 heterocycles. The molecule has 0 aromatic carbocycles. The number of thioether (sulfide) groups is 1. The Morgan fingerprint density at radius 1 is 0.886 bits per heavy atom. The zero-order valence-electron chi connectivity index (χ0n) is 46.6. The number of ether oxygens (including phenoxy) is 9. The lowest BCUT2D eigenvalue weighted by atomic mass is 9.83. The second-order valence-electron chi connectivity index (χ2n) is 23.7. The minimum atomic E-state index is -2.45. The van der Waals surface area contributed by atoms with Crippen molar-refractivity contribution in [3.63, 3.8) is 0 Å². The predicted octanol–water partition coefficient (Wildman–Crippen LogP) is 9.37. The van der Waals surface area contributed by atoms with E-state index in [1.807, 2.05) is 71.2 Å². The van der Waals surface area contributed by atoms with Gasteiger partial charge in [-0.1, -0.05) is 79.7 Å². The van der Waals surface area contributed by atoms with Crippen LogP contribution in [0.4, 0.5) is 0 Å². The fourth-order valence-corrected chi connectivity index (χ4v) is 12.4. The average Bonchev–Trinajstić information content (AvgIpc) is 3.35. The molecule has 0 aliphatic carbocycles. The highest BCUT2D eigenvalue weighted by atomic mass is 32.2. The van der Waals surface area contributed by atoms with Gasteiger partial charge in [0.2, 0.25) is 0 Å². The van der Waals surface area contributed by atoms with Gasteiger partial charge in [0, 0.05) is 32.8 Å². The molecule has 0 radical (unpaired) electrons. The summed E-state index contributed by atoms with van der Waals surface area (Å²) in [6.45, 7) is 33.8. The second kappa shape index (κ2) is 25.5. The standard InChI is InChI=1S/C52H95NO14SSi2/c1-21-39(54)63-48-35(5)60-42(30-52(48,12)58-31-68-16)64-45-34(4)61-49(44(56)43(45)53(13)14)65-46-36-27-32(2)37(66-69(17,18)50(6,7)8)26-24-22-23-25-33(3)59-40(55)29-38(47(46)57-15)62-41(28-36)67-70(19,20)51(9,10)11/h22-24,26,32-38,41-49,56H,21,25,27-31H2,1-20H3/b23-22+,26-24+/t32-,33-,34-,35+,36-,37+,38-,41?,42+,43-,44-,45-,46+,47+,48+,49+,52-/m1/s1. The molecule has 70 heavy (non-hydrogen) atoms. The summed E-state index contributed by atoms with van der Waals surface area (Å²) in [5, 5.41) is 12.4. The van der Waals surface area contributed by atoms with E-state index in [4.69, 9.17) is 51.5 Å². The van der Waals surface area contributed by atoms with Crippen LogP contribution in [0.2, 0.25) is 36.3 Å². The summed E-state index contributed by atoms with van der Waals surface area (Å²) in [6.07, 6.45) is 2.71. The first-order valence-corrected chi connectivity index (χ1v) is 32.9. The molecule has 0 aromatic heterocycles. The van der Waals surface area contributed by atoms with Gasteiger partial charge in [-0.2, -0.15) is 0 Å². The molecule has 15 nitrogen and oxygen atoms in total. The molecule has 0 amide bonds. The van der Waals surface area contributed by atoms with Gasteiger partial charge in [0.25, 0.3) is 0 Å². The number of methoxy groups -OCH3 is 1. The van der Waals surface area contributed by atoms with Crippen molar-refractivity contribution < 1.29 is 66.2 Å². The smallest absolute Gasteiger partial charge is 0.308 e. The number of carbonyl (C=O) groups excluding carboxylic acids is 2. The summed E-state index contributed by atoms with van der Waals surface area (Å²) < 4.78 is 73.3. The first-order valence-electron chi connectivity index (χ1n) is 25.7. The van der Waals surface area contributed by atoms with E-state index < -0.39 is 108 Å². The van der Waals surface area contributed by atoms with Crippen molar-refractivity contribution in [2.45, 2.75) is 249 Å². The van der Waals surface area contributed by atoms with E-state index in [1.54, 1.807) is 14.0 Å². The van der Waals surface area contributed by atoms with E-state index in [1.165, 1.54) is 11.8 Å². The number of aliphatic hydroxyl groups excluding tert-OH is 1. The third kappa shape index (κ3) is 15.9. The normalized spacial score (nSPS) is 38.7. The Balaban J connectivity index is 1.79. The molecule has 0 aromatic rings. The Hall–Kier alpha value is -1.24. The topological polar surface area (TPSA) is 159 Å². The van der Waals surface area contributed by atoms with Crippen LogP contribution < -0.4 is 0 Å². The Labute approximate surface area is 428 Å². The van der Waals surface area contributed by atoms with Crippen molar-refractivity contribution in [2.75, 3.05) is 33.4 Å². The summed E-state index contributed by atoms with van der Waals surface area (Å²) >= 11 is 1.53. The van der Waals surface area contributed by atoms with Crippen LogP contribution in [-0.2, 0) is 61.1 Å². The van der Waals surface area contributed by atoms with Crippen LogP contribution in [0.5, 0.6) is 0 Å². The number of likely N-dealkylation sites (N-methyl/N-ethyl adjacent to an activating group) is 1. The Bertz CT molecular complexity index is 1720. The van der Waals surface area contributed by atoms with Crippen LogP contribution in [0.15, 0.2) is 24.3 Å². The molecule has 4 rings (SSSR count). The minimum Gasteiger partial charge on any atom is -0.462 e. The average molecular weight is 1050 g/mol. The van der Waals surface area contributed by atoms with Crippen molar-refractivity contribution >= 4 is 40.3 Å². The number of nitrogens with zero attached hydrogens (tertiary/aromatic N) is 1. The zero-order chi connectivity index (χ0) is 52.7. The van der Waals surface area contributed by atoms with Gasteiger partial charge in [0.05, 0.1) is 48.9 Å². The van der Waals surface area contributed by atoms with Gasteiger partial charge in [0.1, 0.15) is 36.3 Å². The summed E-state index contributed by atoms with van der Waals surface area (Å²) in [4.78, 5) is 28.4. The van der Waals surface area contributed by atoms with Gasteiger partial charge in [0.15, 0.2) is 35.3 Å². The van der Waals surface area contributed by atoms with E-state index >= 15 is 0 Å². The lowest BCUT2D eigenvalue weighted by Crippen LogP contribution is -2.66. The molecule has 0 spiro atoms. The van der Waals surface area contributed by atoms with E-state index in [0.29, 0.717) is 25.2 Å². The van der Waals surface area contributed by atoms with E-state index in [-0.39, 0.29) is 53.2 Å². The summed E-state index contributed by atoms with van der Waals surface area (Å²) in [7, 11) is 0.670. The van der Waals surface area contributed by atoms with Crippen LogP contribution >= 0.6 is 11.8 Å². The molecular formula is C52H95NO14SSi2. The number of fused-ring (bicyclic) bond motifs is 3. The molecule has 4 aliphatic heterocycles. The SMILES string of the molecule is CCC(=O)O[C@H]1[C@H](C)O[C@@H](O[C@H]2[C@H](N(C)C)[C@@H](O)[C@H](O[C@H]3[C@H]4CC(O[Si](C)(C)C(C)(C)C)O[C@H](CC(=O)O[C@H](C)C/C=C/C=C/[C@H](O[Si](C)(C)C(C)(C)C)[C@H](C)C4)[C@@H]3OC)O[C@@H]2C)C[C@@]1(C)OCSC. The molecule has 1 N–H and O–H groups in total. The molecule has 3 fully saturated rings. The monoisotopic (exact) mass is 1050 g/mol. The van der Waals surface area contributed by atoms with Crippen LogP contribution in [0.3, 0.4) is 0 Å². The molecule has 18 heteroatoms. The van der Waals surface area contributed by atoms with Gasteiger partial charge in [-0.05, 0) is 103 Å². The highest BCUT2D eigenvalue weighted by molar-refractivity contribution is 7.98. The number of allylic oxidation sites excluding steroid dienone is 2. The zero-order valence-corrected chi connectivity index (χ0v) is 49.4. The Morgan fingerprint density at radius 3 is 2.11 bits per heavy atom. The van der Waals surface area contributed by atoms with Crippen LogP contribution in [-0.4, -0.2) is 164 Å². The number of carbonyl (C=O) groups is 2. The van der Waals surface area contributed by atoms with Crippen molar-refractivity contribution in [3.05, 3.63) is 24.3 Å². The van der Waals surface area contributed by atoms with Crippen molar-refractivity contribution in [2.24, 2.45) is 11.8 Å². The summed E-state index contributed by atoms with van der Waals surface area (Å²) in [5.41, 5.74) is -0.916. The molecule has 2 bridgehead atoms. The number of cyclic esters (lactones) is 1. The van der Waals surface area contributed by atoms with Crippen LogP contribution in [0.25, 0.3) is 0 Å². The van der Waals surface area contributed by atoms with E-state index in [9.17, 15) is 14.7 Å². The van der Waals surface area contributed by atoms with Crippen LogP contribution in [0.1, 0.15) is 122 Å². The van der Waals surface area contributed by atoms with Crippen molar-refractivity contribution in [3.8, 4) is 0 Å². The summed E-state index contributed by atoms with van der Waals surface area (Å²) in [5.74, 6) is -0.689. The highest BCUT2D eigenvalue weighted by Crippen LogP contribution is 2.45. The molecule has 4 aliphatic rings. The number of aliphatic hydroxyl groups is 1. The van der Waals surface area contributed by atoms with E-state index in [0.717, 1.165) is 0 Å². The highest BCUT2D eigenvalue weighted by Gasteiger charge is 2.55. The number of esters is 2. The predicted molar refractivity (Wildman–Crippen MR) is 279 cm³/mol. The van der Waals surface area contributed by atoms with Gasteiger partial charge in [-0.3, -0.25) is 9.59 Å². The third-order valence-electron chi connectivity index (χ3n) is 15.7. The fourth-order valence-electron chi connectivity index (χ4n) is 9.52. The fraction of sp³-hybridized carbons (Fsp3) is 0.885. The number of hydrogen-bond donors (Lipinski definition) is 1. The van der Waals surface area contributed by atoms with Gasteiger partial charge in [-0.15, -0.1) is 11.8 Å². The first kappa shape index (κ1) is 61.3. The maximum absolute atomic E-state index is 13.9.